The van der Waals surface area contributed by atoms with E-state index in [1.807, 2.05) is 48.6 Å². The number of fused-ring (bicyclic) bond motifs is 1. The minimum atomic E-state index is 0.121. The summed E-state index contributed by atoms with van der Waals surface area (Å²) < 4.78 is 0. The molecule has 0 spiro atoms. The van der Waals surface area contributed by atoms with Gasteiger partial charge in [-0.1, -0.05) is 48.6 Å². The van der Waals surface area contributed by atoms with E-state index in [9.17, 15) is 9.90 Å². The highest BCUT2D eigenvalue weighted by molar-refractivity contribution is 5.97. The number of carbonyl (C=O) groups is 1. The lowest BCUT2D eigenvalue weighted by atomic mass is 9.97. The summed E-state index contributed by atoms with van der Waals surface area (Å²) in [5, 5.41) is 10.1. The minimum Gasteiger partial charge on any atom is -0.508 e. The van der Waals surface area contributed by atoms with Gasteiger partial charge in [0.15, 0.2) is 0 Å². The van der Waals surface area contributed by atoms with Gasteiger partial charge in [0.1, 0.15) is 5.75 Å². The number of aromatic hydroxyl groups is 1. The summed E-state index contributed by atoms with van der Waals surface area (Å²) in [7, 11) is 0. The first-order valence-electron chi connectivity index (χ1n) is 8.16. The summed E-state index contributed by atoms with van der Waals surface area (Å²) in [6, 6.07) is 13.7. The van der Waals surface area contributed by atoms with Crippen molar-refractivity contribution in [1.82, 2.24) is 0 Å². The van der Waals surface area contributed by atoms with Crippen molar-refractivity contribution in [3.05, 3.63) is 77.9 Å². The van der Waals surface area contributed by atoms with Crippen molar-refractivity contribution in [3.8, 4) is 5.75 Å². The Morgan fingerprint density at radius 1 is 1.17 bits per heavy atom. The standard InChI is InChI=1S/C21H21NO2/c1-2-7-18-14-19-17(15-20(18)23)11-12-21(24)22(19)13-6-10-16-8-4-3-5-9-16/h2-6,8-10,14-15,23H,1,7,11-13H2. The Morgan fingerprint density at radius 3 is 2.71 bits per heavy atom. The molecule has 1 aliphatic rings. The van der Waals surface area contributed by atoms with Crippen LogP contribution in [-0.2, 0) is 17.6 Å². The number of phenols is 1. The lowest BCUT2D eigenvalue weighted by Gasteiger charge is -2.29. The zero-order valence-corrected chi connectivity index (χ0v) is 13.6. The molecule has 0 bridgehead atoms. The predicted octanol–water partition coefficient (Wildman–Crippen LogP) is 4.11. The number of carbonyl (C=O) groups excluding carboxylic acids is 1. The van der Waals surface area contributed by atoms with Gasteiger partial charge >= 0.3 is 0 Å². The molecule has 1 N–H and O–H groups in total. The maximum Gasteiger partial charge on any atom is 0.227 e. The van der Waals surface area contributed by atoms with Crippen molar-refractivity contribution >= 4 is 17.7 Å². The van der Waals surface area contributed by atoms with Crippen LogP contribution in [0.25, 0.3) is 6.08 Å². The van der Waals surface area contributed by atoms with E-state index >= 15 is 0 Å². The van der Waals surface area contributed by atoms with Gasteiger partial charge < -0.3 is 10.0 Å². The normalized spacial score (nSPS) is 14.0. The summed E-state index contributed by atoms with van der Waals surface area (Å²) in [6.07, 6.45) is 7.52. The fraction of sp³-hybridized carbons (Fsp3) is 0.190. The Balaban J connectivity index is 1.86. The Hall–Kier alpha value is -2.81. The monoisotopic (exact) mass is 319 g/mol. The first-order valence-corrected chi connectivity index (χ1v) is 8.16. The molecule has 2 aromatic rings. The van der Waals surface area contributed by atoms with Crippen molar-refractivity contribution in [2.24, 2.45) is 0 Å². The fourth-order valence-corrected chi connectivity index (χ4v) is 3.00. The highest BCUT2D eigenvalue weighted by Gasteiger charge is 2.24. The van der Waals surface area contributed by atoms with Crippen LogP contribution in [0.2, 0.25) is 0 Å². The van der Waals surface area contributed by atoms with Crippen LogP contribution in [0.1, 0.15) is 23.1 Å². The van der Waals surface area contributed by atoms with Crippen LogP contribution in [0.3, 0.4) is 0 Å². The average Bonchev–Trinajstić information content (AvgIpc) is 2.59. The molecule has 0 saturated carbocycles. The smallest absolute Gasteiger partial charge is 0.227 e. The minimum absolute atomic E-state index is 0.121. The highest BCUT2D eigenvalue weighted by atomic mass is 16.3. The number of aryl methyl sites for hydroxylation is 1. The summed E-state index contributed by atoms with van der Waals surface area (Å²) in [5.74, 6) is 0.401. The second-order valence-electron chi connectivity index (χ2n) is 5.92. The second-order valence-corrected chi connectivity index (χ2v) is 5.92. The molecule has 0 atom stereocenters. The number of allylic oxidation sites excluding steroid dienone is 1. The van der Waals surface area contributed by atoms with Gasteiger partial charge in [0.2, 0.25) is 5.91 Å². The zero-order chi connectivity index (χ0) is 16.9. The number of hydrogen-bond donors (Lipinski definition) is 1. The number of benzene rings is 2. The molecule has 3 rings (SSSR count). The third kappa shape index (κ3) is 3.40. The fourth-order valence-electron chi connectivity index (χ4n) is 3.00. The molecular formula is C21H21NO2. The van der Waals surface area contributed by atoms with Crippen molar-refractivity contribution in [2.75, 3.05) is 11.4 Å². The third-order valence-corrected chi connectivity index (χ3v) is 4.24. The van der Waals surface area contributed by atoms with Crippen LogP contribution >= 0.6 is 0 Å². The van der Waals surface area contributed by atoms with E-state index in [-0.39, 0.29) is 11.7 Å². The summed E-state index contributed by atoms with van der Waals surface area (Å²) in [4.78, 5) is 14.2. The van der Waals surface area contributed by atoms with Gasteiger partial charge in [-0.2, -0.15) is 0 Å². The Labute approximate surface area is 142 Å². The summed E-state index contributed by atoms with van der Waals surface area (Å²) in [6.45, 7) is 4.25. The van der Waals surface area contributed by atoms with E-state index in [0.717, 1.165) is 22.4 Å². The van der Waals surface area contributed by atoms with E-state index in [4.69, 9.17) is 0 Å². The van der Waals surface area contributed by atoms with Crippen LogP contribution in [0.15, 0.2) is 61.2 Å². The highest BCUT2D eigenvalue weighted by Crippen LogP contribution is 2.34. The zero-order valence-electron chi connectivity index (χ0n) is 13.6. The van der Waals surface area contributed by atoms with Crippen molar-refractivity contribution in [1.29, 1.82) is 0 Å². The number of anilines is 1. The third-order valence-electron chi connectivity index (χ3n) is 4.24. The topological polar surface area (TPSA) is 40.5 Å². The average molecular weight is 319 g/mol. The first kappa shape index (κ1) is 16.1. The lowest BCUT2D eigenvalue weighted by Crippen LogP contribution is -2.35. The molecule has 1 amide bonds. The van der Waals surface area contributed by atoms with Gasteiger partial charge in [0.05, 0.1) is 0 Å². The quantitative estimate of drug-likeness (QED) is 0.842. The Morgan fingerprint density at radius 2 is 1.96 bits per heavy atom. The van der Waals surface area contributed by atoms with E-state index < -0.39 is 0 Å². The van der Waals surface area contributed by atoms with Crippen LogP contribution in [-0.4, -0.2) is 17.6 Å². The maximum atomic E-state index is 12.4. The number of hydrogen-bond acceptors (Lipinski definition) is 2. The van der Waals surface area contributed by atoms with E-state index in [1.165, 1.54) is 0 Å². The van der Waals surface area contributed by atoms with Gasteiger partial charge in [0, 0.05) is 18.7 Å². The van der Waals surface area contributed by atoms with Gasteiger partial charge in [-0.05, 0) is 41.7 Å². The molecule has 0 saturated heterocycles. The summed E-state index contributed by atoms with van der Waals surface area (Å²) >= 11 is 0. The van der Waals surface area contributed by atoms with E-state index in [0.29, 0.717) is 25.8 Å². The SMILES string of the molecule is C=CCc1cc2c(cc1O)CCC(=O)N2CC=Cc1ccccc1. The van der Waals surface area contributed by atoms with E-state index in [1.54, 1.807) is 17.0 Å². The Kier molecular flexibility index (Phi) is 4.80. The van der Waals surface area contributed by atoms with Crippen molar-refractivity contribution < 1.29 is 9.90 Å². The number of phenolic OH excluding ortho intramolecular Hbond substituents is 1. The number of amides is 1. The molecule has 0 unspecified atom stereocenters. The molecule has 0 aromatic heterocycles. The molecular weight excluding hydrogens is 298 g/mol. The van der Waals surface area contributed by atoms with Gasteiger partial charge in [-0.15, -0.1) is 6.58 Å². The number of rotatable bonds is 5. The molecule has 24 heavy (non-hydrogen) atoms. The van der Waals surface area contributed by atoms with Crippen LogP contribution in [0, 0.1) is 0 Å². The predicted molar refractivity (Wildman–Crippen MR) is 98.2 cm³/mol. The molecule has 2 aromatic carbocycles. The van der Waals surface area contributed by atoms with Crippen molar-refractivity contribution in [3.63, 3.8) is 0 Å². The van der Waals surface area contributed by atoms with Crippen LogP contribution in [0.4, 0.5) is 5.69 Å². The van der Waals surface area contributed by atoms with Crippen LogP contribution in [0.5, 0.6) is 5.75 Å². The van der Waals surface area contributed by atoms with Crippen molar-refractivity contribution in [2.45, 2.75) is 19.3 Å². The molecule has 3 nitrogen and oxygen atoms in total. The molecule has 0 radical (unpaired) electrons. The largest absolute Gasteiger partial charge is 0.508 e. The lowest BCUT2D eigenvalue weighted by molar-refractivity contribution is -0.118. The maximum absolute atomic E-state index is 12.4. The van der Waals surface area contributed by atoms with Gasteiger partial charge in [0.25, 0.3) is 0 Å². The Bertz CT molecular complexity index is 778. The molecule has 0 aliphatic carbocycles. The van der Waals surface area contributed by atoms with Gasteiger partial charge in [-0.3, -0.25) is 4.79 Å². The first-order chi connectivity index (χ1) is 11.7. The summed E-state index contributed by atoms with van der Waals surface area (Å²) in [5.41, 5.74) is 3.84. The molecule has 1 aliphatic heterocycles. The second kappa shape index (κ2) is 7.18. The molecule has 3 heteroatoms. The number of nitrogens with zero attached hydrogens (tertiary/aromatic N) is 1. The molecule has 1 heterocycles. The molecule has 122 valence electrons. The van der Waals surface area contributed by atoms with Crippen LogP contribution < -0.4 is 4.90 Å². The van der Waals surface area contributed by atoms with E-state index in [2.05, 4.69) is 6.58 Å². The molecule has 0 fully saturated rings. The van der Waals surface area contributed by atoms with Gasteiger partial charge in [-0.25, -0.2) is 0 Å².